The highest BCUT2D eigenvalue weighted by atomic mass is 15.2. The Hall–Kier alpha value is -2.03. The second-order valence-corrected chi connectivity index (χ2v) is 6.07. The summed E-state index contributed by atoms with van der Waals surface area (Å²) in [5.41, 5.74) is 6.68. The van der Waals surface area contributed by atoms with E-state index >= 15 is 0 Å². The molecule has 0 spiro atoms. The molecule has 0 unspecified atom stereocenters. The van der Waals surface area contributed by atoms with Crippen molar-refractivity contribution in [2.24, 2.45) is 7.05 Å². The molecule has 1 aliphatic rings. The predicted molar refractivity (Wildman–Crippen MR) is 90.9 cm³/mol. The summed E-state index contributed by atoms with van der Waals surface area (Å²) in [5.74, 6) is 1.24. The molecule has 0 saturated heterocycles. The van der Waals surface area contributed by atoms with Gasteiger partial charge in [-0.05, 0) is 55.8 Å². The van der Waals surface area contributed by atoms with Crippen LogP contribution in [0.15, 0.2) is 42.2 Å². The van der Waals surface area contributed by atoms with Crippen LogP contribution < -0.4 is 14.8 Å². The van der Waals surface area contributed by atoms with Gasteiger partial charge in [-0.3, -0.25) is 4.81 Å². The van der Waals surface area contributed by atoms with Gasteiger partial charge in [0.15, 0.2) is 0 Å². The number of fused-ring (bicyclic) bond motifs is 1. The fourth-order valence-electron chi connectivity index (χ4n) is 3.25. The normalized spacial score (nSPS) is 14.0. The average molecular weight is 277 g/mol. The molecule has 0 N–H and O–H groups in total. The lowest BCUT2D eigenvalue weighted by molar-refractivity contribution is -0.658. The maximum Gasteiger partial charge on any atom is 0.409 e. The first-order valence-corrected chi connectivity index (χ1v) is 7.52. The van der Waals surface area contributed by atoms with E-state index < -0.39 is 0 Å². The number of benzene rings is 1. The third kappa shape index (κ3) is 2.27. The molecule has 106 valence electrons. The number of aryl methyl sites for hydroxylation is 3. The highest BCUT2D eigenvalue weighted by Crippen LogP contribution is 2.24. The Balaban J connectivity index is 2.15. The predicted octanol–water partition coefficient (Wildman–Crippen LogP) is 2.84. The molecule has 2 aromatic rings. The molecular formula is C18H22BN2+. The molecule has 0 amide bonds. The molecule has 0 radical (unpaired) electrons. The number of anilines is 1. The largest absolute Gasteiger partial charge is 0.409 e. The van der Waals surface area contributed by atoms with Gasteiger partial charge in [0.1, 0.15) is 0 Å². The SMILES string of the molecule is CB1c2ccccc2C=C(C)N1c1cc(C)c(C)c[n+]1C. The van der Waals surface area contributed by atoms with Crippen molar-refractivity contribution in [3.8, 4) is 0 Å². The van der Waals surface area contributed by atoms with Crippen LogP contribution in [0.1, 0.15) is 23.6 Å². The first-order valence-electron chi connectivity index (χ1n) is 7.52. The molecule has 3 rings (SSSR count). The average Bonchev–Trinajstić information content (AvgIpc) is 2.44. The van der Waals surface area contributed by atoms with Crippen LogP contribution in [-0.2, 0) is 7.05 Å². The number of rotatable bonds is 1. The molecule has 21 heavy (non-hydrogen) atoms. The van der Waals surface area contributed by atoms with Crippen LogP contribution in [0.3, 0.4) is 0 Å². The summed E-state index contributed by atoms with van der Waals surface area (Å²) in [6, 6.07) is 11.0. The molecule has 2 nitrogen and oxygen atoms in total. The highest BCUT2D eigenvalue weighted by molar-refractivity contribution is 6.77. The topological polar surface area (TPSA) is 7.12 Å². The summed E-state index contributed by atoms with van der Waals surface area (Å²) < 4.78 is 2.23. The lowest BCUT2D eigenvalue weighted by Gasteiger charge is -2.28. The third-order valence-corrected chi connectivity index (χ3v) is 4.54. The minimum Gasteiger partial charge on any atom is -0.290 e. The number of pyridine rings is 1. The quantitative estimate of drug-likeness (QED) is 0.574. The molecule has 1 aliphatic heterocycles. The van der Waals surface area contributed by atoms with E-state index in [0.29, 0.717) is 6.85 Å². The monoisotopic (exact) mass is 277 g/mol. The Bertz CT molecular complexity index is 734. The van der Waals surface area contributed by atoms with E-state index in [1.165, 1.54) is 33.7 Å². The number of aromatic nitrogens is 1. The third-order valence-electron chi connectivity index (χ3n) is 4.54. The Morgan fingerprint density at radius 3 is 2.52 bits per heavy atom. The Kier molecular flexibility index (Phi) is 3.36. The fourth-order valence-corrected chi connectivity index (χ4v) is 3.25. The van der Waals surface area contributed by atoms with E-state index in [9.17, 15) is 0 Å². The van der Waals surface area contributed by atoms with Gasteiger partial charge in [-0.1, -0.05) is 24.3 Å². The van der Waals surface area contributed by atoms with Crippen LogP contribution in [0.5, 0.6) is 0 Å². The molecule has 0 saturated carbocycles. The summed E-state index contributed by atoms with van der Waals surface area (Å²) in [6.45, 7) is 9.17. The molecule has 0 bridgehead atoms. The Morgan fingerprint density at radius 2 is 1.76 bits per heavy atom. The Morgan fingerprint density at radius 1 is 1.05 bits per heavy atom. The molecule has 3 heteroatoms. The van der Waals surface area contributed by atoms with Crippen LogP contribution in [0.25, 0.3) is 6.08 Å². The first-order chi connectivity index (χ1) is 9.99. The minimum absolute atomic E-state index is 0.347. The van der Waals surface area contributed by atoms with Gasteiger partial charge in [0.05, 0.1) is 18.9 Å². The van der Waals surface area contributed by atoms with E-state index in [0.717, 1.165) is 0 Å². The van der Waals surface area contributed by atoms with E-state index in [1.807, 2.05) is 0 Å². The van der Waals surface area contributed by atoms with E-state index in [2.05, 4.69) is 86.6 Å². The lowest BCUT2D eigenvalue weighted by Crippen LogP contribution is -2.53. The van der Waals surface area contributed by atoms with E-state index in [1.54, 1.807) is 0 Å². The van der Waals surface area contributed by atoms with Gasteiger partial charge < -0.3 is 0 Å². The smallest absolute Gasteiger partial charge is 0.290 e. The minimum atomic E-state index is 0.347. The van der Waals surface area contributed by atoms with Crippen LogP contribution in [0.4, 0.5) is 5.82 Å². The van der Waals surface area contributed by atoms with Gasteiger partial charge in [-0.25, -0.2) is 4.57 Å². The van der Waals surface area contributed by atoms with Crippen molar-refractivity contribution in [3.05, 3.63) is 58.9 Å². The summed E-state index contributed by atoms with van der Waals surface area (Å²) >= 11 is 0. The number of hydrogen-bond donors (Lipinski definition) is 0. The molecular weight excluding hydrogens is 255 g/mol. The maximum absolute atomic E-state index is 2.43. The van der Waals surface area contributed by atoms with Crippen LogP contribution in [-0.4, -0.2) is 6.85 Å². The second-order valence-electron chi connectivity index (χ2n) is 6.07. The fraction of sp³-hybridized carbons (Fsp3) is 0.278. The molecule has 2 heterocycles. The van der Waals surface area contributed by atoms with Crippen molar-refractivity contribution in [1.82, 2.24) is 0 Å². The zero-order valence-electron chi connectivity index (χ0n) is 13.5. The van der Waals surface area contributed by atoms with Crippen molar-refractivity contribution in [3.63, 3.8) is 0 Å². The van der Waals surface area contributed by atoms with E-state index in [4.69, 9.17) is 0 Å². The Labute approximate surface area is 127 Å². The van der Waals surface area contributed by atoms with Crippen molar-refractivity contribution >= 4 is 24.2 Å². The first kappa shape index (κ1) is 13.9. The highest BCUT2D eigenvalue weighted by Gasteiger charge is 2.36. The van der Waals surface area contributed by atoms with Gasteiger partial charge in [0.2, 0.25) is 0 Å². The maximum atomic E-state index is 2.43. The van der Waals surface area contributed by atoms with Crippen molar-refractivity contribution < 1.29 is 4.57 Å². The van der Waals surface area contributed by atoms with Gasteiger partial charge in [-0.2, -0.15) is 0 Å². The number of hydrogen-bond acceptors (Lipinski definition) is 1. The zero-order chi connectivity index (χ0) is 15.1. The van der Waals surface area contributed by atoms with Gasteiger partial charge in [0.25, 0.3) is 5.82 Å². The van der Waals surface area contributed by atoms with Gasteiger partial charge in [0, 0.05) is 6.07 Å². The van der Waals surface area contributed by atoms with Crippen molar-refractivity contribution in [2.45, 2.75) is 27.6 Å². The molecule has 1 aromatic heterocycles. The van der Waals surface area contributed by atoms with Gasteiger partial charge >= 0.3 is 6.85 Å². The summed E-state index contributed by atoms with van der Waals surface area (Å²) in [5, 5.41) is 0. The number of allylic oxidation sites excluding steroid dienone is 1. The van der Waals surface area contributed by atoms with Crippen molar-refractivity contribution in [2.75, 3.05) is 4.81 Å². The second kappa shape index (κ2) is 5.07. The zero-order valence-corrected chi connectivity index (χ0v) is 13.5. The van der Waals surface area contributed by atoms with Crippen LogP contribution in [0, 0.1) is 13.8 Å². The van der Waals surface area contributed by atoms with Crippen LogP contribution in [0.2, 0.25) is 6.82 Å². The number of nitrogens with zero attached hydrogens (tertiary/aromatic N) is 2. The van der Waals surface area contributed by atoms with Crippen LogP contribution >= 0.6 is 0 Å². The summed E-state index contributed by atoms with van der Waals surface area (Å²) in [4.78, 5) is 2.43. The standard InChI is InChI=1S/C18H22BN2/c1-13-10-18(20(5)12-14(13)2)21-15(3)11-16-8-6-7-9-17(16)19(21)4/h6-12H,1-5H3/q+1. The van der Waals surface area contributed by atoms with Gasteiger partial charge in [-0.15, -0.1) is 0 Å². The molecule has 1 aromatic carbocycles. The molecule has 0 atom stereocenters. The summed E-state index contributed by atoms with van der Waals surface area (Å²) in [7, 11) is 2.13. The summed E-state index contributed by atoms with van der Waals surface area (Å²) in [6.07, 6.45) is 4.50. The molecule has 0 aliphatic carbocycles. The van der Waals surface area contributed by atoms with Crippen molar-refractivity contribution in [1.29, 1.82) is 0 Å². The lowest BCUT2D eigenvalue weighted by atomic mass is 9.53. The molecule has 0 fully saturated rings. The van der Waals surface area contributed by atoms with E-state index in [-0.39, 0.29) is 0 Å².